The Labute approximate surface area is 165 Å². The molecule has 148 valence electrons. The van der Waals surface area contributed by atoms with Crippen molar-refractivity contribution >= 4 is 17.2 Å². The van der Waals surface area contributed by atoms with Gasteiger partial charge in [-0.15, -0.1) is 11.3 Å². The minimum absolute atomic E-state index is 0.0892. The Morgan fingerprint density at radius 2 is 2.15 bits per heavy atom. The number of aryl methyl sites for hydroxylation is 1. The largest absolute Gasteiger partial charge is 0.354 e. The van der Waals surface area contributed by atoms with Crippen LogP contribution in [0.4, 0.5) is 0 Å². The molecular weight excluding hydrogens is 360 g/mol. The maximum absolute atomic E-state index is 12.3. The second kappa shape index (κ2) is 8.97. The number of aromatic nitrogens is 2. The van der Waals surface area contributed by atoms with Crippen LogP contribution in [0.25, 0.3) is 0 Å². The van der Waals surface area contributed by atoms with Gasteiger partial charge in [-0.25, -0.2) is 0 Å². The van der Waals surface area contributed by atoms with E-state index in [2.05, 4.69) is 58.6 Å². The van der Waals surface area contributed by atoms with Crippen molar-refractivity contribution in [2.75, 3.05) is 19.6 Å². The summed E-state index contributed by atoms with van der Waals surface area (Å²) in [5, 5.41) is 9.26. The SMILES string of the molecule is CC(C)(C)c1noc(CCCC(=O)NCC(c2cccs2)N2CCCC2)n1. The molecule has 0 spiro atoms. The number of amides is 1. The molecule has 1 unspecified atom stereocenters. The molecule has 1 aliphatic rings. The van der Waals surface area contributed by atoms with Gasteiger partial charge in [0, 0.05) is 29.7 Å². The molecular formula is C20H30N4O2S. The fraction of sp³-hybridized carbons (Fsp3) is 0.650. The Bertz CT molecular complexity index is 715. The number of hydrogen-bond acceptors (Lipinski definition) is 6. The summed E-state index contributed by atoms with van der Waals surface area (Å²) in [6, 6.07) is 4.55. The van der Waals surface area contributed by atoms with E-state index < -0.39 is 0 Å². The second-order valence-corrected chi connectivity index (χ2v) is 9.17. The highest BCUT2D eigenvalue weighted by Crippen LogP contribution is 2.27. The Morgan fingerprint density at radius 1 is 1.37 bits per heavy atom. The van der Waals surface area contributed by atoms with Crippen molar-refractivity contribution in [3.8, 4) is 0 Å². The van der Waals surface area contributed by atoms with Gasteiger partial charge in [-0.1, -0.05) is 32.0 Å². The Balaban J connectivity index is 1.44. The van der Waals surface area contributed by atoms with E-state index in [-0.39, 0.29) is 11.3 Å². The van der Waals surface area contributed by atoms with Gasteiger partial charge in [-0.05, 0) is 43.8 Å². The van der Waals surface area contributed by atoms with E-state index in [1.807, 2.05) is 0 Å². The summed E-state index contributed by atoms with van der Waals surface area (Å²) in [7, 11) is 0. The minimum atomic E-state index is -0.120. The fourth-order valence-corrected chi connectivity index (χ4v) is 4.16. The lowest BCUT2D eigenvalue weighted by Gasteiger charge is -2.26. The van der Waals surface area contributed by atoms with E-state index in [9.17, 15) is 4.79 Å². The first kappa shape index (κ1) is 20.0. The van der Waals surface area contributed by atoms with Crippen molar-refractivity contribution < 1.29 is 9.32 Å². The summed E-state index contributed by atoms with van der Waals surface area (Å²) in [6.45, 7) is 9.07. The molecule has 0 aromatic carbocycles. The number of nitrogens with one attached hydrogen (secondary N) is 1. The normalized spacial score (nSPS) is 16.6. The number of carbonyl (C=O) groups is 1. The van der Waals surface area contributed by atoms with Crippen LogP contribution in [0.15, 0.2) is 22.0 Å². The van der Waals surface area contributed by atoms with Gasteiger partial charge >= 0.3 is 0 Å². The van der Waals surface area contributed by atoms with Crippen LogP contribution >= 0.6 is 11.3 Å². The molecule has 1 atom stereocenters. The predicted octanol–water partition coefficient (Wildman–Crippen LogP) is 3.70. The Hall–Kier alpha value is -1.73. The predicted molar refractivity (Wildman–Crippen MR) is 107 cm³/mol. The average molecular weight is 391 g/mol. The number of carbonyl (C=O) groups excluding carboxylic acids is 1. The molecule has 1 aliphatic heterocycles. The zero-order chi connectivity index (χ0) is 19.3. The quantitative estimate of drug-likeness (QED) is 0.744. The highest BCUT2D eigenvalue weighted by Gasteiger charge is 2.25. The minimum Gasteiger partial charge on any atom is -0.354 e. The summed E-state index contributed by atoms with van der Waals surface area (Å²) in [5.41, 5.74) is -0.120. The van der Waals surface area contributed by atoms with Crippen LogP contribution in [0.2, 0.25) is 0 Å². The molecule has 0 saturated carbocycles. The van der Waals surface area contributed by atoms with Gasteiger partial charge in [0.2, 0.25) is 11.8 Å². The third-order valence-corrected chi connectivity index (χ3v) is 5.85. The van der Waals surface area contributed by atoms with Crippen molar-refractivity contribution in [1.82, 2.24) is 20.4 Å². The lowest BCUT2D eigenvalue weighted by atomic mass is 9.96. The monoisotopic (exact) mass is 390 g/mol. The van der Waals surface area contributed by atoms with Crippen LogP contribution in [0.3, 0.4) is 0 Å². The van der Waals surface area contributed by atoms with Gasteiger partial charge in [0.15, 0.2) is 5.82 Å². The molecule has 1 amide bonds. The molecule has 1 fully saturated rings. The summed E-state index contributed by atoms with van der Waals surface area (Å²) >= 11 is 1.77. The van der Waals surface area contributed by atoms with Crippen molar-refractivity contribution in [2.45, 2.75) is 64.3 Å². The lowest BCUT2D eigenvalue weighted by Crippen LogP contribution is -2.36. The highest BCUT2D eigenvalue weighted by atomic mass is 32.1. The zero-order valence-electron chi connectivity index (χ0n) is 16.5. The van der Waals surface area contributed by atoms with E-state index in [1.54, 1.807) is 11.3 Å². The van der Waals surface area contributed by atoms with Gasteiger partial charge in [0.25, 0.3) is 0 Å². The summed E-state index contributed by atoms with van der Waals surface area (Å²) < 4.78 is 5.29. The standard InChI is InChI=1S/C20H30N4O2S/c1-20(2,3)19-22-18(26-23-19)10-6-9-17(25)21-14-15(16-8-7-13-27-16)24-11-4-5-12-24/h7-8,13,15H,4-6,9-12,14H2,1-3H3,(H,21,25). The molecule has 3 rings (SSSR count). The van der Waals surface area contributed by atoms with E-state index >= 15 is 0 Å². The zero-order valence-corrected chi connectivity index (χ0v) is 17.3. The van der Waals surface area contributed by atoms with Crippen molar-refractivity contribution in [1.29, 1.82) is 0 Å². The molecule has 27 heavy (non-hydrogen) atoms. The summed E-state index contributed by atoms with van der Waals surface area (Å²) in [6.07, 6.45) is 4.32. The van der Waals surface area contributed by atoms with E-state index in [0.717, 1.165) is 13.1 Å². The molecule has 0 radical (unpaired) electrons. The molecule has 1 saturated heterocycles. The Morgan fingerprint density at radius 3 is 2.78 bits per heavy atom. The molecule has 0 bridgehead atoms. The van der Waals surface area contributed by atoms with Crippen LogP contribution < -0.4 is 5.32 Å². The number of nitrogens with zero attached hydrogens (tertiary/aromatic N) is 3. The third-order valence-electron chi connectivity index (χ3n) is 4.88. The van der Waals surface area contributed by atoms with Gasteiger partial charge in [0.1, 0.15) is 0 Å². The number of thiophene rings is 1. The van der Waals surface area contributed by atoms with Gasteiger partial charge in [-0.2, -0.15) is 4.98 Å². The first-order valence-corrected chi connectivity index (χ1v) is 10.7. The summed E-state index contributed by atoms with van der Waals surface area (Å²) in [4.78, 5) is 20.5. The van der Waals surface area contributed by atoms with Crippen LogP contribution in [-0.4, -0.2) is 40.6 Å². The smallest absolute Gasteiger partial charge is 0.226 e. The molecule has 2 aromatic heterocycles. The number of likely N-dealkylation sites (tertiary alicyclic amines) is 1. The van der Waals surface area contributed by atoms with E-state index in [4.69, 9.17) is 4.52 Å². The molecule has 7 heteroatoms. The summed E-state index contributed by atoms with van der Waals surface area (Å²) in [5.74, 6) is 1.42. The molecule has 2 aromatic rings. The van der Waals surface area contributed by atoms with E-state index in [0.29, 0.717) is 43.6 Å². The van der Waals surface area contributed by atoms with Gasteiger partial charge < -0.3 is 9.84 Å². The average Bonchev–Trinajstić information content (AvgIpc) is 3.37. The molecule has 3 heterocycles. The Kier molecular flexibility index (Phi) is 6.65. The topological polar surface area (TPSA) is 71.3 Å². The second-order valence-electron chi connectivity index (χ2n) is 8.19. The molecule has 6 nitrogen and oxygen atoms in total. The van der Waals surface area contributed by atoms with Crippen molar-refractivity contribution in [3.63, 3.8) is 0 Å². The van der Waals surface area contributed by atoms with Crippen molar-refractivity contribution in [2.24, 2.45) is 0 Å². The maximum atomic E-state index is 12.3. The maximum Gasteiger partial charge on any atom is 0.226 e. The van der Waals surface area contributed by atoms with E-state index in [1.165, 1.54) is 17.7 Å². The van der Waals surface area contributed by atoms with Crippen LogP contribution in [-0.2, 0) is 16.6 Å². The first-order valence-electron chi connectivity index (χ1n) is 9.81. The van der Waals surface area contributed by atoms with Crippen LogP contribution in [0, 0.1) is 0 Å². The van der Waals surface area contributed by atoms with Crippen LogP contribution in [0.5, 0.6) is 0 Å². The van der Waals surface area contributed by atoms with Crippen LogP contribution in [0.1, 0.15) is 69.1 Å². The van der Waals surface area contributed by atoms with Gasteiger partial charge in [-0.3, -0.25) is 9.69 Å². The number of hydrogen-bond donors (Lipinski definition) is 1. The first-order chi connectivity index (χ1) is 12.9. The lowest BCUT2D eigenvalue weighted by molar-refractivity contribution is -0.121. The molecule has 1 N–H and O–H groups in total. The highest BCUT2D eigenvalue weighted by molar-refractivity contribution is 7.10. The number of rotatable bonds is 8. The molecule has 0 aliphatic carbocycles. The van der Waals surface area contributed by atoms with Crippen molar-refractivity contribution in [3.05, 3.63) is 34.1 Å². The third kappa shape index (κ3) is 5.62. The fourth-order valence-electron chi connectivity index (χ4n) is 3.30. The van der Waals surface area contributed by atoms with Gasteiger partial charge in [0.05, 0.1) is 6.04 Å².